The van der Waals surface area contributed by atoms with Gasteiger partial charge in [0.15, 0.2) is 5.82 Å². The summed E-state index contributed by atoms with van der Waals surface area (Å²) >= 11 is 0. The highest BCUT2D eigenvalue weighted by Crippen LogP contribution is 2.35. The van der Waals surface area contributed by atoms with E-state index in [2.05, 4.69) is 45.3 Å². The fourth-order valence-electron chi connectivity index (χ4n) is 3.91. The summed E-state index contributed by atoms with van der Waals surface area (Å²) in [5.74, 6) is 2.10. The van der Waals surface area contributed by atoms with Crippen LogP contribution in [0.3, 0.4) is 0 Å². The molecule has 0 aromatic carbocycles. The van der Waals surface area contributed by atoms with Crippen LogP contribution in [0.4, 0.5) is 5.82 Å². The molecule has 1 aliphatic rings. The number of nitrogens with zero attached hydrogens (tertiary/aromatic N) is 2. The third-order valence-electron chi connectivity index (χ3n) is 5.76. The molecule has 154 valence electrons. The summed E-state index contributed by atoms with van der Waals surface area (Å²) in [6.07, 6.45) is 5.03. The van der Waals surface area contributed by atoms with Crippen molar-refractivity contribution in [3.05, 3.63) is 11.4 Å². The molecule has 3 atom stereocenters. The van der Waals surface area contributed by atoms with E-state index in [9.17, 15) is 0 Å². The molecule has 1 aromatic heterocycles. The van der Waals surface area contributed by atoms with Gasteiger partial charge in [-0.25, -0.2) is 9.97 Å². The number of aryl methyl sites for hydroxylation is 1. The normalized spacial score (nSPS) is 23.1. The van der Waals surface area contributed by atoms with Gasteiger partial charge in [-0.15, -0.1) is 0 Å². The number of hydrogen-bond donors (Lipinski definition) is 2. The van der Waals surface area contributed by atoms with Crippen molar-refractivity contribution in [3.63, 3.8) is 0 Å². The van der Waals surface area contributed by atoms with Crippen molar-refractivity contribution >= 4 is 5.82 Å². The maximum absolute atomic E-state index is 5.81. The van der Waals surface area contributed by atoms with Crippen LogP contribution >= 0.6 is 0 Å². The van der Waals surface area contributed by atoms with E-state index in [0.29, 0.717) is 23.9 Å². The molecule has 0 aliphatic carbocycles. The molecule has 2 N–H and O–H groups in total. The monoisotopic (exact) mass is 378 g/mol. The van der Waals surface area contributed by atoms with Crippen molar-refractivity contribution in [3.8, 4) is 5.88 Å². The molecule has 2 heterocycles. The van der Waals surface area contributed by atoms with Gasteiger partial charge in [-0.05, 0) is 38.0 Å². The summed E-state index contributed by atoms with van der Waals surface area (Å²) in [5, 5.41) is 7.16. The molecule has 0 spiro atoms. The zero-order valence-corrected chi connectivity index (χ0v) is 18.1. The molecule has 1 aromatic rings. The fraction of sp³-hybridized carbons (Fsp3) is 0.810. The molecule has 0 radical (unpaired) electrons. The molecule has 6 nitrogen and oxygen atoms in total. The van der Waals surface area contributed by atoms with Gasteiger partial charge in [-0.1, -0.05) is 34.6 Å². The first-order chi connectivity index (χ1) is 13.0. The lowest BCUT2D eigenvalue weighted by Gasteiger charge is -2.38. The number of hydrogen-bond acceptors (Lipinski definition) is 6. The molecule has 1 saturated heterocycles. The first-order valence-electron chi connectivity index (χ1n) is 10.5. The van der Waals surface area contributed by atoms with Crippen molar-refractivity contribution in [1.29, 1.82) is 0 Å². The molecule has 27 heavy (non-hydrogen) atoms. The number of nitrogens with one attached hydrogen (secondary N) is 2. The third kappa shape index (κ3) is 5.11. The number of methoxy groups -OCH3 is 2. The van der Waals surface area contributed by atoms with Crippen LogP contribution in [0.25, 0.3) is 0 Å². The largest absolute Gasteiger partial charge is 0.478 e. The summed E-state index contributed by atoms with van der Waals surface area (Å²) in [6.45, 7) is 11.0. The highest BCUT2D eigenvalue weighted by molar-refractivity contribution is 5.48. The number of piperidine rings is 1. The van der Waals surface area contributed by atoms with Gasteiger partial charge in [0.2, 0.25) is 0 Å². The van der Waals surface area contributed by atoms with Crippen molar-refractivity contribution in [2.45, 2.75) is 91.0 Å². The highest BCUT2D eigenvalue weighted by Gasteiger charge is 2.35. The molecule has 0 bridgehead atoms. The van der Waals surface area contributed by atoms with Crippen molar-refractivity contribution < 1.29 is 9.47 Å². The Balaban J connectivity index is 2.35. The van der Waals surface area contributed by atoms with Gasteiger partial charge in [0, 0.05) is 25.1 Å². The standard InChI is InChI=1S/C21H38N4O2/c1-8-14(9-2)22-19-21(27-7)25-18(16(10-3)23-19)15-11-12-17(13(4)5)24-20(15)26-6/h13-15,17,20,24H,8-12H2,1-7H3,(H,22,23). The van der Waals surface area contributed by atoms with Gasteiger partial charge in [-0.3, -0.25) is 5.32 Å². The lowest BCUT2D eigenvalue weighted by Crippen LogP contribution is -2.50. The van der Waals surface area contributed by atoms with E-state index < -0.39 is 0 Å². The molecule has 3 unspecified atom stereocenters. The van der Waals surface area contributed by atoms with Crippen LogP contribution < -0.4 is 15.4 Å². The zero-order valence-electron chi connectivity index (χ0n) is 18.1. The maximum atomic E-state index is 5.81. The zero-order chi connectivity index (χ0) is 20.0. The van der Waals surface area contributed by atoms with Crippen LogP contribution in [0.1, 0.15) is 77.6 Å². The Hall–Kier alpha value is -1.40. The minimum atomic E-state index is -0.0479. The van der Waals surface area contributed by atoms with E-state index in [4.69, 9.17) is 19.4 Å². The molecule has 6 heteroatoms. The number of rotatable bonds is 9. The molecular weight excluding hydrogens is 340 g/mol. The fourth-order valence-corrected chi connectivity index (χ4v) is 3.91. The second-order valence-electron chi connectivity index (χ2n) is 7.78. The first-order valence-corrected chi connectivity index (χ1v) is 10.5. The van der Waals surface area contributed by atoms with Gasteiger partial charge in [0.05, 0.1) is 18.5 Å². The van der Waals surface area contributed by atoms with Gasteiger partial charge >= 0.3 is 0 Å². The maximum Gasteiger partial charge on any atom is 0.257 e. The predicted molar refractivity (Wildman–Crippen MR) is 110 cm³/mol. The van der Waals surface area contributed by atoms with Crippen LogP contribution in [0.2, 0.25) is 0 Å². The second-order valence-corrected chi connectivity index (χ2v) is 7.78. The van der Waals surface area contributed by atoms with E-state index >= 15 is 0 Å². The lowest BCUT2D eigenvalue weighted by molar-refractivity contribution is 0.00959. The minimum absolute atomic E-state index is 0.0479. The topological polar surface area (TPSA) is 68.3 Å². The average Bonchev–Trinajstić information content (AvgIpc) is 2.70. The number of aromatic nitrogens is 2. The smallest absolute Gasteiger partial charge is 0.257 e. The Morgan fingerprint density at radius 3 is 2.33 bits per heavy atom. The molecule has 1 aliphatic heterocycles. The van der Waals surface area contributed by atoms with Crippen molar-refractivity contribution in [2.24, 2.45) is 5.92 Å². The van der Waals surface area contributed by atoms with E-state index in [1.807, 2.05) is 0 Å². The molecule has 0 amide bonds. The quantitative estimate of drug-likeness (QED) is 0.674. The van der Waals surface area contributed by atoms with E-state index in [0.717, 1.165) is 49.3 Å². The molecule has 1 fully saturated rings. The van der Waals surface area contributed by atoms with Crippen LogP contribution in [0, 0.1) is 5.92 Å². The van der Waals surface area contributed by atoms with Gasteiger partial charge in [0.25, 0.3) is 5.88 Å². The number of ether oxygens (including phenoxy) is 2. The van der Waals surface area contributed by atoms with Crippen LogP contribution in [0.15, 0.2) is 0 Å². The third-order valence-corrected chi connectivity index (χ3v) is 5.76. The Morgan fingerprint density at radius 2 is 1.81 bits per heavy atom. The Kier molecular flexibility index (Phi) is 8.29. The SMILES string of the molecule is CCc1nc(NC(CC)CC)c(OC)nc1C1CCC(C(C)C)NC1OC. The van der Waals surface area contributed by atoms with E-state index in [1.54, 1.807) is 14.2 Å². The van der Waals surface area contributed by atoms with Crippen molar-refractivity contribution in [1.82, 2.24) is 15.3 Å². The molecular formula is C21H38N4O2. The summed E-state index contributed by atoms with van der Waals surface area (Å²) in [5.41, 5.74) is 2.03. The second kappa shape index (κ2) is 10.2. The summed E-state index contributed by atoms with van der Waals surface area (Å²) in [7, 11) is 3.44. The van der Waals surface area contributed by atoms with E-state index in [1.165, 1.54) is 0 Å². The average molecular weight is 379 g/mol. The summed E-state index contributed by atoms with van der Waals surface area (Å²) < 4.78 is 11.4. The lowest BCUT2D eigenvalue weighted by atomic mass is 9.85. The predicted octanol–water partition coefficient (Wildman–Crippen LogP) is 4.11. The van der Waals surface area contributed by atoms with Crippen LogP contribution in [-0.2, 0) is 11.2 Å². The summed E-state index contributed by atoms with van der Waals surface area (Å²) in [6, 6.07) is 0.848. The van der Waals surface area contributed by atoms with Gasteiger partial charge in [-0.2, -0.15) is 0 Å². The Bertz CT molecular complexity index is 590. The Morgan fingerprint density at radius 1 is 1.11 bits per heavy atom. The van der Waals surface area contributed by atoms with Crippen molar-refractivity contribution in [2.75, 3.05) is 19.5 Å². The minimum Gasteiger partial charge on any atom is -0.478 e. The number of anilines is 1. The van der Waals surface area contributed by atoms with Crippen LogP contribution in [-0.4, -0.2) is 42.5 Å². The van der Waals surface area contributed by atoms with Gasteiger partial charge < -0.3 is 14.8 Å². The Labute approximate surface area is 164 Å². The molecule has 2 rings (SSSR count). The highest BCUT2D eigenvalue weighted by atomic mass is 16.5. The van der Waals surface area contributed by atoms with Gasteiger partial charge in [0.1, 0.15) is 6.23 Å². The first kappa shape index (κ1) is 21.9. The summed E-state index contributed by atoms with van der Waals surface area (Å²) in [4.78, 5) is 9.82. The van der Waals surface area contributed by atoms with E-state index in [-0.39, 0.29) is 12.1 Å². The molecule has 0 saturated carbocycles. The van der Waals surface area contributed by atoms with Crippen LogP contribution in [0.5, 0.6) is 5.88 Å².